The number of carbonyl (C=O) groups is 2. The predicted octanol–water partition coefficient (Wildman–Crippen LogP) is 1.93. The summed E-state index contributed by atoms with van der Waals surface area (Å²) >= 11 is 0. The summed E-state index contributed by atoms with van der Waals surface area (Å²) in [5.74, 6) is -1.49. The third-order valence-electron chi connectivity index (χ3n) is 5.09. The Morgan fingerprint density at radius 3 is 2.28 bits per heavy atom. The van der Waals surface area contributed by atoms with E-state index in [1.165, 1.54) is 30.3 Å². The van der Waals surface area contributed by atoms with Gasteiger partial charge in [0.1, 0.15) is 11.6 Å². The largest absolute Gasteiger partial charge is 0.296 e. The molecule has 154 valence electrons. The zero-order valence-electron chi connectivity index (χ0n) is 16.2. The van der Waals surface area contributed by atoms with Crippen LogP contribution in [0.1, 0.15) is 22.8 Å². The van der Waals surface area contributed by atoms with Gasteiger partial charge in [-0.15, -0.1) is 0 Å². The van der Waals surface area contributed by atoms with Gasteiger partial charge in [0.15, 0.2) is 0 Å². The third-order valence-corrected chi connectivity index (χ3v) is 5.09. The minimum atomic E-state index is -0.514. The Morgan fingerprint density at radius 2 is 1.62 bits per heavy atom. The number of amides is 2. The molecule has 1 fully saturated rings. The molecule has 8 heteroatoms. The molecule has 0 spiro atoms. The molecule has 1 heterocycles. The van der Waals surface area contributed by atoms with Gasteiger partial charge in [0, 0.05) is 43.9 Å². The lowest BCUT2D eigenvalue weighted by Crippen LogP contribution is -2.56. The maximum Gasteiger partial charge on any atom is 0.269 e. The number of carbonyl (C=O) groups excluding carboxylic acids is 2. The molecule has 2 aromatic rings. The Kier molecular flexibility index (Phi) is 6.90. The molecule has 0 aliphatic carbocycles. The van der Waals surface area contributed by atoms with Crippen LogP contribution in [-0.2, 0) is 11.3 Å². The molecule has 0 bridgehead atoms. The summed E-state index contributed by atoms with van der Waals surface area (Å²) in [6, 6.07) is 11.3. The van der Waals surface area contributed by atoms with E-state index in [4.69, 9.17) is 0 Å². The van der Waals surface area contributed by atoms with E-state index in [-0.39, 0.29) is 17.3 Å². The van der Waals surface area contributed by atoms with E-state index < -0.39 is 17.8 Å². The van der Waals surface area contributed by atoms with Crippen LogP contribution in [-0.4, -0.2) is 53.8 Å². The highest BCUT2D eigenvalue weighted by atomic mass is 19.1. The summed E-state index contributed by atoms with van der Waals surface area (Å²) < 4.78 is 26.7. The van der Waals surface area contributed by atoms with E-state index in [0.717, 1.165) is 0 Å². The topological polar surface area (TPSA) is 64.7 Å². The zero-order chi connectivity index (χ0) is 20.8. The minimum Gasteiger partial charge on any atom is -0.296 e. The predicted molar refractivity (Wildman–Crippen MR) is 105 cm³/mol. The minimum absolute atomic E-state index is 0.209. The SMILES string of the molecule is C[C@H](C(=O)NNC(=O)c1ccc(F)cc1)N1CCN(Cc2ccccc2F)CC1. The molecule has 3 rings (SSSR count). The van der Waals surface area contributed by atoms with Crippen molar-refractivity contribution in [3.05, 3.63) is 71.3 Å². The average Bonchev–Trinajstić information content (AvgIpc) is 2.74. The quantitative estimate of drug-likeness (QED) is 0.751. The molecule has 29 heavy (non-hydrogen) atoms. The zero-order valence-corrected chi connectivity index (χ0v) is 16.2. The monoisotopic (exact) mass is 402 g/mol. The van der Waals surface area contributed by atoms with Crippen LogP contribution in [0.4, 0.5) is 8.78 Å². The van der Waals surface area contributed by atoms with Crippen LogP contribution in [0.2, 0.25) is 0 Å². The first kappa shape index (κ1) is 20.9. The number of nitrogens with one attached hydrogen (secondary N) is 2. The number of halogens is 2. The van der Waals surface area contributed by atoms with Crippen LogP contribution in [0, 0.1) is 11.6 Å². The van der Waals surface area contributed by atoms with Crippen molar-refractivity contribution in [2.24, 2.45) is 0 Å². The number of hydrogen-bond donors (Lipinski definition) is 2. The first-order chi connectivity index (χ1) is 13.9. The van der Waals surface area contributed by atoms with Gasteiger partial charge in [0.05, 0.1) is 6.04 Å². The van der Waals surface area contributed by atoms with Crippen LogP contribution in [0.5, 0.6) is 0 Å². The number of hydrazine groups is 1. The van der Waals surface area contributed by atoms with E-state index >= 15 is 0 Å². The fourth-order valence-electron chi connectivity index (χ4n) is 3.24. The van der Waals surface area contributed by atoms with Crippen molar-refractivity contribution in [2.45, 2.75) is 19.5 Å². The van der Waals surface area contributed by atoms with Gasteiger partial charge in [-0.25, -0.2) is 8.78 Å². The van der Waals surface area contributed by atoms with Crippen LogP contribution >= 0.6 is 0 Å². The third kappa shape index (κ3) is 5.58. The van der Waals surface area contributed by atoms with Gasteiger partial charge < -0.3 is 0 Å². The molecule has 1 saturated heterocycles. The van der Waals surface area contributed by atoms with Crippen molar-refractivity contribution in [3.8, 4) is 0 Å². The lowest BCUT2D eigenvalue weighted by atomic mass is 10.1. The van der Waals surface area contributed by atoms with Crippen molar-refractivity contribution >= 4 is 11.8 Å². The number of benzene rings is 2. The molecule has 0 radical (unpaired) electrons. The summed E-state index contributed by atoms with van der Waals surface area (Å²) in [7, 11) is 0. The van der Waals surface area contributed by atoms with Crippen LogP contribution in [0.25, 0.3) is 0 Å². The van der Waals surface area contributed by atoms with Gasteiger partial charge in [-0.3, -0.25) is 30.2 Å². The second-order valence-corrected chi connectivity index (χ2v) is 7.03. The molecule has 2 amide bonds. The molecule has 1 aliphatic heterocycles. The Bertz CT molecular complexity index is 852. The highest BCUT2D eigenvalue weighted by Gasteiger charge is 2.26. The second kappa shape index (κ2) is 9.58. The Labute approximate surface area is 168 Å². The van der Waals surface area contributed by atoms with Crippen molar-refractivity contribution in [1.29, 1.82) is 0 Å². The van der Waals surface area contributed by atoms with Crippen LogP contribution in [0.15, 0.2) is 48.5 Å². The second-order valence-electron chi connectivity index (χ2n) is 7.03. The lowest BCUT2D eigenvalue weighted by molar-refractivity contribution is -0.127. The molecule has 2 aromatic carbocycles. The molecule has 0 saturated carbocycles. The van der Waals surface area contributed by atoms with Crippen LogP contribution < -0.4 is 10.9 Å². The lowest BCUT2D eigenvalue weighted by Gasteiger charge is -2.37. The highest BCUT2D eigenvalue weighted by molar-refractivity contribution is 5.95. The van der Waals surface area contributed by atoms with Gasteiger partial charge in [0.2, 0.25) is 0 Å². The smallest absolute Gasteiger partial charge is 0.269 e. The van der Waals surface area contributed by atoms with Crippen molar-refractivity contribution in [2.75, 3.05) is 26.2 Å². The van der Waals surface area contributed by atoms with Crippen molar-refractivity contribution in [3.63, 3.8) is 0 Å². The molecule has 0 aromatic heterocycles. The number of rotatable bonds is 5. The molecule has 6 nitrogen and oxygen atoms in total. The molecule has 1 aliphatic rings. The molecular weight excluding hydrogens is 378 g/mol. The number of piperazine rings is 1. The van der Waals surface area contributed by atoms with Crippen molar-refractivity contribution in [1.82, 2.24) is 20.7 Å². The molecule has 1 atom stereocenters. The van der Waals surface area contributed by atoms with E-state index in [0.29, 0.717) is 38.3 Å². The first-order valence-electron chi connectivity index (χ1n) is 9.49. The van der Waals surface area contributed by atoms with E-state index in [1.54, 1.807) is 19.1 Å². The average molecular weight is 402 g/mol. The Balaban J connectivity index is 1.44. The van der Waals surface area contributed by atoms with Crippen LogP contribution in [0.3, 0.4) is 0 Å². The van der Waals surface area contributed by atoms with Crippen molar-refractivity contribution < 1.29 is 18.4 Å². The van der Waals surface area contributed by atoms with Gasteiger partial charge in [-0.1, -0.05) is 18.2 Å². The van der Waals surface area contributed by atoms with Gasteiger partial charge in [0.25, 0.3) is 11.8 Å². The fraction of sp³-hybridized carbons (Fsp3) is 0.333. The summed E-state index contributed by atoms with van der Waals surface area (Å²) in [6.45, 7) is 5.06. The Hall–Kier alpha value is -2.84. The van der Waals surface area contributed by atoms with E-state index in [2.05, 4.69) is 15.8 Å². The van der Waals surface area contributed by atoms with E-state index in [9.17, 15) is 18.4 Å². The molecule has 0 unspecified atom stereocenters. The summed E-state index contributed by atoms with van der Waals surface area (Å²) in [4.78, 5) is 28.5. The summed E-state index contributed by atoms with van der Waals surface area (Å²) in [6.07, 6.45) is 0. The molecule has 2 N–H and O–H groups in total. The van der Waals surface area contributed by atoms with E-state index in [1.807, 2.05) is 11.0 Å². The first-order valence-corrected chi connectivity index (χ1v) is 9.49. The maximum absolute atomic E-state index is 13.8. The Morgan fingerprint density at radius 1 is 0.966 bits per heavy atom. The number of hydrogen-bond acceptors (Lipinski definition) is 4. The normalized spacial score (nSPS) is 16.2. The summed E-state index contributed by atoms with van der Waals surface area (Å²) in [5.41, 5.74) is 5.67. The maximum atomic E-state index is 13.8. The number of nitrogens with zero attached hydrogens (tertiary/aromatic N) is 2. The standard InChI is InChI=1S/C21H24F2N4O2/c1-15(20(28)24-25-21(29)16-6-8-18(22)9-7-16)27-12-10-26(11-13-27)14-17-4-2-3-5-19(17)23/h2-9,15H,10-14H2,1H3,(H,24,28)(H,25,29)/t15-/m1/s1. The molecular formula is C21H24F2N4O2. The van der Waals surface area contributed by atoms with Gasteiger partial charge >= 0.3 is 0 Å². The fourth-order valence-corrected chi connectivity index (χ4v) is 3.24. The highest BCUT2D eigenvalue weighted by Crippen LogP contribution is 2.13. The van der Waals surface area contributed by atoms with Gasteiger partial charge in [-0.2, -0.15) is 0 Å². The van der Waals surface area contributed by atoms with Gasteiger partial charge in [-0.05, 0) is 37.3 Å². The summed E-state index contributed by atoms with van der Waals surface area (Å²) in [5, 5.41) is 0.